The van der Waals surface area contributed by atoms with Gasteiger partial charge in [0.1, 0.15) is 0 Å². The molecule has 4 nitrogen and oxygen atoms in total. The van der Waals surface area contributed by atoms with Crippen LogP contribution in [0.4, 0.5) is 4.79 Å². The van der Waals surface area contributed by atoms with E-state index in [9.17, 15) is 4.79 Å². The third kappa shape index (κ3) is 4.84. The van der Waals surface area contributed by atoms with Gasteiger partial charge in [0.15, 0.2) is 0 Å². The Balaban J connectivity index is 2.22. The lowest BCUT2D eigenvalue weighted by Gasteiger charge is -2.26. The summed E-state index contributed by atoms with van der Waals surface area (Å²) in [5, 5.41) is 3.11. The number of urea groups is 1. The molecule has 1 rings (SSSR count). The van der Waals surface area contributed by atoms with E-state index in [2.05, 4.69) is 10.2 Å². The number of likely N-dealkylation sites (N-methyl/N-ethyl adjacent to an activating group) is 2. The van der Waals surface area contributed by atoms with E-state index in [1.165, 1.54) is 19.3 Å². The van der Waals surface area contributed by atoms with Crippen LogP contribution in [0.1, 0.15) is 32.1 Å². The van der Waals surface area contributed by atoms with E-state index in [1.807, 2.05) is 21.1 Å². The van der Waals surface area contributed by atoms with Crippen molar-refractivity contribution in [1.29, 1.82) is 0 Å². The molecule has 0 saturated heterocycles. The molecule has 1 saturated carbocycles. The number of rotatable bonds is 4. The van der Waals surface area contributed by atoms with Gasteiger partial charge in [-0.2, -0.15) is 0 Å². The van der Waals surface area contributed by atoms with Crippen molar-refractivity contribution in [2.24, 2.45) is 0 Å². The summed E-state index contributed by atoms with van der Waals surface area (Å²) in [4.78, 5) is 15.7. The number of nitrogens with zero attached hydrogens (tertiary/aromatic N) is 2. The van der Waals surface area contributed by atoms with Crippen molar-refractivity contribution in [3.8, 4) is 0 Å². The molecule has 0 aromatic rings. The second-order valence-electron chi connectivity index (χ2n) is 5.01. The van der Waals surface area contributed by atoms with Gasteiger partial charge in [-0.1, -0.05) is 19.3 Å². The van der Waals surface area contributed by atoms with Crippen LogP contribution in [0, 0.1) is 0 Å². The molecule has 0 heterocycles. The van der Waals surface area contributed by atoms with E-state index >= 15 is 0 Å². The number of hydrogen-bond acceptors (Lipinski definition) is 2. The highest BCUT2D eigenvalue weighted by molar-refractivity contribution is 5.74. The van der Waals surface area contributed by atoms with Gasteiger partial charge in [0, 0.05) is 26.2 Å². The smallest absolute Gasteiger partial charge is 0.317 e. The van der Waals surface area contributed by atoms with Gasteiger partial charge in [-0.3, -0.25) is 0 Å². The molecule has 0 atom stereocenters. The van der Waals surface area contributed by atoms with Crippen molar-refractivity contribution in [3.05, 3.63) is 0 Å². The van der Waals surface area contributed by atoms with Crippen molar-refractivity contribution >= 4 is 6.03 Å². The highest BCUT2D eigenvalue weighted by atomic mass is 16.2. The molecule has 16 heavy (non-hydrogen) atoms. The van der Waals surface area contributed by atoms with Gasteiger partial charge in [0.05, 0.1) is 0 Å². The summed E-state index contributed by atoms with van der Waals surface area (Å²) < 4.78 is 0. The average Bonchev–Trinajstić information content (AvgIpc) is 2.27. The molecular weight excluding hydrogens is 202 g/mol. The van der Waals surface area contributed by atoms with Crippen molar-refractivity contribution in [1.82, 2.24) is 15.1 Å². The number of nitrogens with one attached hydrogen (secondary N) is 1. The topological polar surface area (TPSA) is 35.6 Å². The van der Waals surface area contributed by atoms with Crippen LogP contribution in [0.25, 0.3) is 0 Å². The molecule has 4 heteroatoms. The predicted molar refractivity (Wildman–Crippen MR) is 66.6 cm³/mol. The van der Waals surface area contributed by atoms with Gasteiger partial charge < -0.3 is 15.1 Å². The molecule has 0 spiro atoms. The Kier molecular flexibility index (Phi) is 5.60. The Labute approximate surface area is 99.0 Å². The number of carbonyl (C=O) groups excluding carboxylic acids is 1. The normalized spacial score (nSPS) is 17.5. The van der Waals surface area contributed by atoms with E-state index in [0.717, 1.165) is 25.9 Å². The first kappa shape index (κ1) is 13.3. The SMILES string of the molecule is CN(C)CCN(C)C(=O)NC1CCCCC1. The van der Waals surface area contributed by atoms with Crippen molar-refractivity contribution in [2.45, 2.75) is 38.1 Å². The lowest BCUT2D eigenvalue weighted by atomic mass is 9.96. The van der Waals surface area contributed by atoms with E-state index < -0.39 is 0 Å². The predicted octanol–water partition coefficient (Wildman–Crippen LogP) is 1.52. The minimum atomic E-state index is 0.0775. The van der Waals surface area contributed by atoms with E-state index in [4.69, 9.17) is 0 Å². The van der Waals surface area contributed by atoms with Gasteiger partial charge in [0.25, 0.3) is 0 Å². The fourth-order valence-electron chi connectivity index (χ4n) is 1.98. The van der Waals surface area contributed by atoms with Crippen LogP contribution < -0.4 is 5.32 Å². The van der Waals surface area contributed by atoms with E-state index in [-0.39, 0.29) is 6.03 Å². The van der Waals surface area contributed by atoms with Crippen LogP contribution in [0.2, 0.25) is 0 Å². The zero-order valence-corrected chi connectivity index (χ0v) is 10.8. The first-order chi connectivity index (χ1) is 7.59. The Morgan fingerprint density at radius 2 is 1.75 bits per heavy atom. The van der Waals surface area contributed by atoms with Crippen LogP contribution >= 0.6 is 0 Å². The highest BCUT2D eigenvalue weighted by Gasteiger charge is 2.17. The molecule has 0 radical (unpaired) electrons. The largest absolute Gasteiger partial charge is 0.335 e. The molecule has 1 fully saturated rings. The molecular formula is C12H25N3O. The standard InChI is InChI=1S/C12H25N3O/c1-14(2)9-10-15(3)12(16)13-11-7-5-4-6-8-11/h11H,4-10H2,1-3H3,(H,13,16). The first-order valence-electron chi connectivity index (χ1n) is 6.26. The first-order valence-corrected chi connectivity index (χ1v) is 6.26. The molecule has 0 unspecified atom stereocenters. The minimum Gasteiger partial charge on any atom is -0.335 e. The second-order valence-corrected chi connectivity index (χ2v) is 5.01. The maximum Gasteiger partial charge on any atom is 0.317 e. The molecule has 94 valence electrons. The lowest BCUT2D eigenvalue weighted by Crippen LogP contribution is -2.45. The van der Waals surface area contributed by atoms with Crippen LogP contribution in [0.3, 0.4) is 0 Å². The van der Waals surface area contributed by atoms with Gasteiger partial charge in [-0.25, -0.2) is 4.79 Å². The maximum absolute atomic E-state index is 11.8. The maximum atomic E-state index is 11.8. The summed E-state index contributed by atoms with van der Waals surface area (Å²) in [6, 6.07) is 0.483. The van der Waals surface area contributed by atoms with Gasteiger partial charge in [0.2, 0.25) is 0 Å². The zero-order valence-electron chi connectivity index (χ0n) is 10.8. The van der Waals surface area contributed by atoms with Gasteiger partial charge in [-0.15, -0.1) is 0 Å². The molecule has 0 bridgehead atoms. The number of carbonyl (C=O) groups is 1. The van der Waals surface area contributed by atoms with Crippen molar-refractivity contribution in [3.63, 3.8) is 0 Å². The summed E-state index contributed by atoms with van der Waals surface area (Å²) >= 11 is 0. The van der Waals surface area contributed by atoms with E-state index in [0.29, 0.717) is 6.04 Å². The Hall–Kier alpha value is -0.770. The van der Waals surface area contributed by atoms with Crippen LogP contribution in [-0.4, -0.2) is 56.1 Å². The van der Waals surface area contributed by atoms with Crippen LogP contribution in [-0.2, 0) is 0 Å². The Morgan fingerprint density at radius 3 is 2.31 bits per heavy atom. The van der Waals surface area contributed by atoms with Crippen molar-refractivity contribution < 1.29 is 4.79 Å². The molecule has 1 aliphatic rings. The van der Waals surface area contributed by atoms with Crippen LogP contribution in [0.15, 0.2) is 0 Å². The quantitative estimate of drug-likeness (QED) is 0.790. The third-order valence-electron chi connectivity index (χ3n) is 3.16. The van der Waals surface area contributed by atoms with Crippen LogP contribution in [0.5, 0.6) is 0 Å². The fraction of sp³-hybridized carbons (Fsp3) is 0.917. The van der Waals surface area contributed by atoms with Crippen molar-refractivity contribution in [2.75, 3.05) is 34.2 Å². The molecule has 0 aliphatic heterocycles. The fourth-order valence-corrected chi connectivity index (χ4v) is 1.98. The Bertz CT molecular complexity index is 212. The molecule has 0 aromatic heterocycles. The number of hydrogen-bond donors (Lipinski definition) is 1. The summed E-state index contributed by atoms with van der Waals surface area (Å²) in [6.45, 7) is 1.69. The molecule has 1 aliphatic carbocycles. The molecule has 0 aromatic carbocycles. The number of amides is 2. The molecule has 1 N–H and O–H groups in total. The van der Waals surface area contributed by atoms with Gasteiger partial charge in [-0.05, 0) is 26.9 Å². The Morgan fingerprint density at radius 1 is 1.12 bits per heavy atom. The average molecular weight is 227 g/mol. The van der Waals surface area contributed by atoms with E-state index in [1.54, 1.807) is 4.90 Å². The van der Waals surface area contributed by atoms with Gasteiger partial charge >= 0.3 is 6.03 Å². The monoisotopic (exact) mass is 227 g/mol. The minimum absolute atomic E-state index is 0.0775. The third-order valence-corrected chi connectivity index (χ3v) is 3.16. The lowest BCUT2D eigenvalue weighted by molar-refractivity contribution is 0.196. The molecule has 2 amide bonds. The summed E-state index contributed by atoms with van der Waals surface area (Å²) in [7, 11) is 5.90. The highest BCUT2D eigenvalue weighted by Crippen LogP contribution is 2.17. The summed E-state index contributed by atoms with van der Waals surface area (Å²) in [5.74, 6) is 0. The zero-order chi connectivity index (χ0) is 12.0. The summed E-state index contributed by atoms with van der Waals surface area (Å²) in [5.41, 5.74) is 0. The summed E-state index contributed by atoms with van der Waals surface area (Å²) in [6.07, 6.45) is 6.13. The second kappa shape index (κ2) is 6.74.